The number of halogens is 1. The van der Waals surface area contributed by atoms with Crippen molar-refractivity contribution < 1.29 is 13.2 Å². The third-order valence-corrected chi connectivity index (χ3v) is 3.91. The Kier molecular flexibility index (Phi) is 4.74. The van der Waals surface area contributed by atoms with Gasteiger partial charge < -0.3 is 5.32 Å². The summed E-state index contributed by atoms with van der Waals surface area (Å²) in [6.07, 6.45) is 2.74. The zero-order valence-electron chi connectivity index (χ0n) is 11.2. The van der Waals surface area contributed by atoms with Gasteiger partial charge in [0.15, 0.2) is 9.84 Å². The van der Waals surface area contributed by atoms with Crippen LogP contribution in [0.3, 0.4) is 0 Å². The summed E-state index contributed by atoms with van der Waals surface area (Å²) < 4.78 is 23.4. The summed E-state index contributed by atoms with van der Waals surface area (Å²) >= 11 is 3.26. The SMILES string of the molecule is CS(=O)(=O)Cc1cccc(C(=O)Nc2ccc(Br)cn2)c1. The molecule has 0 atom stereocenters. The number of hydrogen-bond acceptors (Lipinski definition) is 4. The molecule has 0 saturated carbocycles. The van der Waals surface area contributed by atoms with E-state index in [0.29, 0.717) is 16.9 Å². The molecule has 0 aliphatic heterocycles. The Morgan fingerprint density at radius 1 is 1.29 bits per heavy atom. The fourth-order valence-corrected chi connectivity index (χ4v) is 2.76. The lowest BCUT2D eigenvalue weighted by Gasteiger charge is -2.06. The van der Waals surface area contributed by atoms with E-state index in [9.17, 15) is 13.2 Å². The smallest absolute Gasteiger partial charge is 0.256 e. The molecule has 1 heterocycles. The van der Waals surface area contributed by atoms with Crippen molar-refractivity contribution in [3.63, 3.8) is 0 Å². The summed E-state index contributed by atoms with van der Waals surface area (Å²) in [5.41, 5.74) is 0.967. The van der Waals surface area contributed by atoms with Crippen molar-refractivity contribution >= 4 is 37.5 Å². The Morgan fingerprint density at radius 3 is 2.67 bits per heavy atom. The minimum atomic E-state index is -3.13. The van der Waals surface area contributed by atoms with E-state index in [1.165, 1.54) is 0 Å². The lowest BCUT2D eigenvalue weighted by molar-refractivity contribution is 0.102. The van der Waals surface area contributed by atoms with E-state index >= 15 is 0 Å². The molecule has 1 aromatic heterocycles. The zero-order valence-corrected chi connectivity index (χ0v) is 13.6. The molecule has 2 rings (SSSR count). The van der Waals surface area contributed by atoms with Crippen molar-refractivity contribution in [1.29, 1.82) is 0 Å². The number of carbonyl (C=O) groups is 1. The molecule has 110 valence electrons. The Bertz CT molecular complexity index is 758. The van der Waals surface area contributed by atoms with Gasteiger partial charge in [-0.15, -0.1) is 0 Å². The van der Waals surface area contributed by atoms with Crippen LogP contribution in [-0.2, 0) is 15.6 Å². The molecule has 0 fully saturated rings. The van der Waals surface area contributed by atoms with Crippen LogP contribution in [0.15, 0.2) is 47.1 Å². The third kappa shape index (κ3) is 4.95. The molecule has 0 spiro atoms. The number of nitrogens with one attached hydrogen (secondary N) is 1. The van der Waals surface area contributed by atoms with Gasteiger partial charge in [0.05, 0.1) is 5.75 Å². The molecule has 0 unspecified atom stereocenters. The minimum absolute atomic E-state index is 0.0926. The molecular formula is C14H13BrN2O3S. The van der Waals surface area contributed by atoms with Gasteiger partial charge in [-0.3, -0.25) is 4.79 Å². The minimum Gasteiger partial charge on any atom is -0.307 e. The number of amides is 1. The predicted octanol–water partition coefficient (Wildman–Crippen LogP) is 2.64. The molecule has 7 heteroatoms. The fraction of sp³-hybridized carbons (Fsp3) is 0.143. The molecule has 1 aromatic carbocycles. The van der Waals surface area contributed by atoms with E-state index in [4.69, 9.17) is 0 Å². The summed E-state index contributed by atoms with van der Waals surface area (Å²) in [5.74, 6) is 0.00174. The number of hydrogen-bond donors (Lipinski definition) is 1. The van der Waals surface area contributed by atoms with Crippen LogP contribution in [0.1, 0.15) is 15.9 Å². The molecule has 1 amide bonds. The van der Waals surface area contributed by atoms with E-state index in [-0.39, 0.29) is 11.7 Å². The summed E-state index contributed by atoms with van der Waals surface area (Å²) in [5, 5.41) is 2.66. The highest BCUT2D eigenvalue weighted by Crippen LogP contribution is 2.13. The first-order valence-electron chi connectivity index (χ1n) is 6.03. The first kappa shape index (κ1) is 15.7. The molecule has 0 bridgehead atoms. The molecule has 0 aliphatic carbocycles. The number of rotatable bonds is 4. The van der Waals surface area contributed by atoms with Crippen LogP contribution >= 0.6 is 15.9 Å². The summed E-state index contributed by atoms with van der Waals surface area (Å²) in [7, 11) is -3.13. The second kappa shape index (κ2) is 6.36. The number of aromatic nitrogens is 1. The van der Waals surface area contributed by atoms with Gasteiger partial charge in [-0.1, -0.05) is 12.1 Å². The monoisotopic (exact) mass is 368 g/mol. The van der Waals surface area contributed by atoms with Gasteiger partial charge in [0.1, 0.15) is 5.82 Å². The zero-order chi connectivity index (χ0) is 15.5. The van der Waals surface area contributed by atoms with E-state index in [1.807, 2.05) is 0 Å². The number of nitrogens with zero attached hydrogens (tertiary/aromatic N) is 1. The molecule has 21 heavy (non-hydrogen) atoms. The van der Waals surface area contributed by atoms with Crippen molar-refractivity contribution in [2.24, 2.45) is 0 Å². The van der Waals surface area contributed by atoms with Crippen LogP contribution in [0.5, 0.6) is 0 Å². The first-order chi connectivity index (χ1) is 9.83. The van der Waals surface area contributed by atoms with Crippen LogP contribution < -0.4 is 5.32 Å². The van der Waals surface area contributed by atoms with Gasteiger partial charge >= 0.3 is 0 Å². The largest absolute Gasteiger partial charge is 0.307 e. The summed E-state index contributed by atoms with van der Waals surface area (Å²) in [4.78, 5) is 16.2. The van der Waals surface area contributed by atoms with Gasteiger partial charge in [0.2, 0.25) is 0 Å². The predicted molar refractivity (Wildman–Crippen MR) is 84.9 cm³/mol. The van der Waals surface area contributed by atoms with Crippen molar-refractivity contribution in [1.82, 2.24) is 4.98 Å². The van der Waals surface area contributed by atoms with Crippen LogP contribution in [0.2, 0.25) is 0 Å². The lowest BCUT2D eigenvalue weighted by atomic mass is 10.1. The Morgan fingerprint density at radius 2 is 2.05 bits per heavy atom. The molecule has 0 saturated heterocycles. The molecular weight excluding hydrogens is 356 g/mol. The number of pyridine rings is 1. The normalized spacial score (nSPS) is 11.1. The number of sulfone groups is 1. The van der Waals surface area contributed by atoms with Crippen LogP contribution in [0.25, 0.3) is 0 Å². The number of anilines is 1. The average Bonchev–Trinajstić information content (AvgIpc) is 2.40. The topological polar surface area (TPSA) is 76.1 Å². The second-order valence-electron chi connectivity index (χ2n) is 4.59. The van der Waals surface area contributed by atoms with Gasteiger partial charge in [-0.2, -0.15) is 0 Å². The van der Waals surface area contributed by atoms with Crippen LogP contribution in [0, 0.1) is 0 Å². The maximum absolute atomic E-state index is 12.1. The molecule has 0 radical (unpaired) electrons. The van der Waals surface area contributed by atoms with Gasteiger partial charge in [0.25, 0.3) is 5.91 Å². The molecule has 5 nitrogen and oxygen atoms in total. The second-order valence-corrected chi connectivity index (χ2v) is 7.64. The fourth-order valence-electron chi connectivity index (χ4n) is 1.74. The molecule has 0 aliphatic rings. The van der Waals surface area contributed by atoms with Crippen LogP contribution in [-0.4, -0.2) is 25.6 Å². The van der Waals surface area contributed by atoms with E-state index < -0.39 is 9.84 Å². The van der Waals surface area contributed by atoms with Gasteiger partial charge in [0, 0.05) is 22.5 Å². The molecule has 1 N–H and O–H groups in total. The maximum Gasteiger partial charge on any atom is 0.256 e. The van der Waals surface area contributed by atoms with Crippen LogP contribution in [0.4, 0.5) is 5.82 Å². The summed E-state index contributed by atoms with van der Waals surface area (Å²) in [6, 6.07) is 9.96. The number of carbonyl (C=O) groups excluding carboxylic acids is 1. The highest BCUT2D eigenvalue weighted by Gasteiger charge is 2.10. The van der Waals surface area contributed by atoms with E-state index in [2.05, 4.69) is 26.2 Å². The van der Waals surface area contributed by atoms with Crippen molar-refractivity contribution in [2.45, 2.75) is 5.75 Å². The van der Waals surface area contributed by atoms with Crippen molar-refractivity contribution in [3.05, 3.63) is 58.2 Å². The highest BCUT2D eigenvalue weighted by molar-refractivity contribution is 9.10. The Balaban J connectivity index is 2.16. The van der Waals surface area contributed by atoms with Crippen molar-refractivity contribution in [2.75, 3.05) is 11.6 Å². The Hall–Kier alpha value is -1.73. The maximum atomic E-state index is 12.1. The Labute approximate surface area is 131 Å². The highest BCUT2D eigenvalue weighted by atomic mass is 79.9. The van der Waals surface area contributed by atoms with E-state index in [0.717, 1.165) is 10.7 Å². The standard InChI is InChI=1S/C14H13BrN2O3S/c1-21(19,20)9-10-3-2-4-11(7-10)14(18)17-13-6-5-12(15)8-16-13/h2-8H,9H2,1H3,(H,16,17,18). The summed E-state index contributed by atoms with van der Waals surface area (Å²) in [6.45, 7) is 0. The van der Waals surface area contributed by atoms with Crippen molar-refractivity contribution in [3.8, 4) is 0 Å². The molecule has 2 aromatic rings. The number of benzene rings is 1. The quantitative estimate of drug-likeness (QED) is 0.899. The average molecular weight is 369 g/mol. The first-order valence-corrected chi connectivity index (χ1v) is 8.88. The van der Waals surface area contributed by atoms with E-state index in [1.54, 1.807) is 42.6 Å². The lowest BCUT2D eigenvalue weighted by Crippen LogP contribution is -2.13. The van der Waals surface area contributed by atoms with Gasteiger partial charge in [-0.05, 0) is 45.8 Å². The third-order valence-electron chi connectivity index (χ3n) is 2.59. The van der Waals surface area contributed by atoms with Gasteiger partial charge in [-0.25, -0.2) is 13.4 Å².